The monoisotopic (exact) mass is 325 g/mol. The number of hydrogen-bond donors (Lipinski definition) is 1. The van der Waals surface area contributed by atoms with Crippen molar-refractivity contribution >= 4 is 5.97 Å². The maximum Gasteiger partial charge on any atom is 0.320 e. The molecule has 0 spiro atoms. The van der Waals surface area contributed by atoms with Gasteiger partial charge in [-0.1, -0.05) is 25.0 Å². The second-order valence-corrected chi connectivity index (χ2v) is 7.01. The van der Waals surface area contributed by atoms with E-state index < -0.39 is 5.97 Å². The van der Waals surface area contributed by atoms with E-state index in [0.29, 0.717) is 12.0 Å². The summed E-state index contributed by atoms with van der Waals surface area (Å²) >= 11 is 0. The first-order valence-electron chi connectivity index (χ1n) is 8.78. The van der Waals surface area contributed by atoms with Crippen LogP contribution >= 0.6 is 0 Å². The Bertz CT molecular complexity index is 696. The topological polar surface area (TPSA) is 58.4 Å². The highest BCUT2D eigenvalue weighted by Gasteiger charge is 2.44. The van der Waals surface area contributed by atoms with Crippen molar-refractivity contribution in [2.24, 2.45) is 5.92 Å². The van der Waals surface area contributed by atoms with E-state index in [-0.39, 0.29) is 6.04 Å². The molecule has 1 aromatic carbocycles. The Hall–Kier alpha value is -2.14. The Morgan fingerprint density at radius 1 is 1.21 bits per heavy atom. The summed E-state index contributed by atoms with van der Waals surface area (Å²) in [6, 6.07) is 8.46. The summed E-state index contributed by atoms with van der Waals surface area (Å²) in [5.74, 6) is -0.107. The van der Waals surface area contributed by atoms with Gasteiger partial charge in [0.1, 0.15) is 6.04 Å². The van der Waals surface area contributed by atoms with Crippen LogP contribution in [0.2, 0.25) is 0 Å². The van der Waals surface area contributed by atoms with Crippen molar-refractivity contribution in [2.45, 2.75) is 50.7 Å². The second-order valence-electron chi connectivity index (χ2n) is 7.01. The zero-order valence-corrected chi connectivity index (χ0v) is 13.7. The van der Waals surface area contributed by atoms with Gasteiger partial charge in [0.05, 0.1) is 6.33 Å². The molecule has 1 aliphatic carbocycles. The molecule has 24 heavy (non-hydrogen) atoms. The standard InChI is InChI=1S/C19H23N3O2/c23-19(24)18-11-15-3-1-2-4-17(15)22(18)12-14-5-7-16(8-6-14)21-10-9-20-13-21/h5-10,13,15,17-18H,1-4,11-12H2,(H,23,24)/t15-,17-,18-/m0/s1. The molecule has 2 aliphatic rings. The van der Waals surface area contributed by atoms with Crippen molar-refractivity contribution in [2.75, 3.05) is 0 Å². The molecule has 1 saturated carbocycles. The first-order chi connectivity index (χ1) is 11.7. The lowest BCUT2D eigenvalue weighted by atomic mass is 9.84. The molecule has 2 fully saturated rings. The van der Waals surface area contributed by atoms with E-state index in [4.69, 9.17) is 0 Å². The molecular weight excluding hydrogens is 302 g/mol. The van der Waals surface area contributed by atoms with Gasteiger partial charge in [-0.3, -0.25) is 9.69 Å². The number of aromatic nitrogens is 2. The molecule has 5 heteroatoms. The average molecular weight is 325 g/mol. The summed E-state index contributed by atoms with van der Waals surface area (Å²) in [6.07, 6.45) is 11.1. The molecule has 1 saturated heterocycles. The number of carboxylic acid groups (broad SMARTS) is 1. The number of benzene rings is 1. The fourth-order valence-electron chi connectivity index (χ4n) is 4.42. The molecule has 5 nitrogen and oxygen atoms in total. The van der Waals surface area contributed by atoms with Crippen LogP contribution in [0.3, 0.4) is 0 Å². The Kier molecular flexibility index (Phi) is 4.10. The van der Waals surface area contributed by atoms with Crippen molar-refractivity contribution in [3.63, 3.8) is 0 Å². The van der Waals surface area contributed by atoms with Gasteiger partial charge in [-0.25, -0.2) is 4.98 Å². The maximum atomic E-state index is 11.7. The van der Waals surface area contributed by atoms with Crippen molar-refractivity contribution in [3.8, 4) is 5.69 Å². The molecule has 1 aromatic heterocycles. The molecule has 1 aliphatic heterocycles. The Balaban J connectivity index is 1.53. The van der Waals surface area contributed by atoms with E-state index in [0.717, 1.165) is 25.1 Å². The van der Waals surface area contributed by atoms with E-state index in [1.54, 1.807) is 12.5 Å². The number of imidazole rings is 1. The highest BCUT2D eigenvalue weighted by molar-refractivity contribution is 5.74. The fraction of sp³-hybridized carbons (Fsp3) is 0.474. The van der Waals surface area contributed by atoms with Crippen LogP contribution < -0.4 is 0 Å². The molecule has 0 bridgehead atoms. The molecule has 126 valence electrons. The first-order valence-corrected chi connectivity index (χ1v) is 8.78. The molecule has 2 aromatic rings. The van der Waals surface area contributed by atoms with Crippen LogP contribution in [0.5, 0.6) is 0 Å². The van der Waals surface area contributed by atoms with Gasteiger partial charge in [-0.05, 0) is 42.9 Å². The van der Waals surface area contributed by atoms with E-state index in [1.807, 2.05) is 10.8 Å². The molecule has 0 unspecified atom stereocenters. The Morgan fingerprint density at radius 2 is 2.00 bits per heavy atom. The van der Waals surface area contributed by atoms with Crippen LogP contribution in [-0.2, 0) is 11.3 Å². The van der Waals surface area contributed by atoms with E-state index in [9.17, 15) is 9.90 Å². The van der Waals surface area contributed by atoms with Crippen molar-refractivity contribution in [1.82, 2.24) is 14.5 Å². The molecule has 3 atom stereocenters. The van der Waals surface area contributed by atoms with Crippen LogP contribution in [0.4, 0.5) is 0 Å². The minimum Gasteiger partial charge on any atom is -0.480 e. The Morgan fingerprint density at radius 3 is 2.71 bits per heavy atom. The zero-order valence-electron chi connectivity index (χ0n) is 13.7. The molecule has 2 heterocycles. The quantitative estimate of drug-likeness (QED) is 0.938. The van der Waals surface area contributed by atoms with Gasteiger partial charge in [-0.2, -0.15) is 0 Å². The van der Waals surface area contributed by atoms with Crippen molar-refractivity contribution < 1.29 is 9.90 Å². The Labute approximate surface area is 141 Å². The van der Waals surface area contributed by atoms with E-state index >= 15 is 0 Å². The van der Waals surface area contributed by atoms with Gasteiger partial charge < -0.3 is 9.67 Å². The third-order valence-electron chi connectivity index (χ3n) is 5.61. The van der Waals surface area contributed by atoms with E-state index in [1.165, 1.54) is 24.8 Å². The molecule has 0 radical (unpaired) electrons. The molecule has 4 rings (SSSR count). The van der Waals surface area contributed by atoms with Crippen LogP contribution in [0.15, 0.2) is 43.0 Å². The number of carboxylic acids is 1. The number of fused-ring (bicyclic) bond motifs is 1. The van der Waals surface area contributed by atoms with Crippen LogP contribution in [0.1, 0.15) is 37.7 Å². The predicted octanol–water partition coefficient (Wildman–Crippen LogP) is 3.09. The number of nitrogens with zero attached hydrogens (tertiary/aromatic N) is 3. The van der Waals surface area contributed by atoms with Crippen molar-refractivity contribution in [1.29, 1.82) is 0 Å². The summed E-state index contributed by atoms with van der Waals surface area (Å²) in [5.41, 5.74) is 2.25. The fourth-order valence-corrected chi connectivity index (χ4v) is 4.42. The van der Waals surface area contributed by atoms with Gasteiger partial charge in [0.15, 0.2) is 0 Å². The van der Waals surface area contributed by atoms with Crippen LogP contribution in [-0.4, -0.2) is 37.6 Å². The summed E-state index contributed by atoms with van der Waals surface area (Å²) < 4.78 is 1.97. The van der Waals surface area contributed by atoms with Gasteiger partial charge in [0.25, 0.3) is 0 Å². The molecule has 1 N–H and O–H groups in total. The highest BCUT2D eigenvalue weighted by atomic mass is 16.4. The highest BCUT2D eigenvalue weighted by Crippen LogP contribution is 2.40. The van der Waals surface area contributed by atoms with Crippen LogP contribution in [0.25, 0.3) is 5.69 Å². The lowest BCUT2D eigenvalue weighted by Crippen LogP contribution is -2.41. The third kappa shape index (κ3) is 2.84. The van der Waals surface area contributed by atoms with Gasteiger partial charge in [0.2, 0.25) is 0 Å². The SMILES string of the molecule is O=C(O)[C@@H]1C[C@@H]2CCCC[C@@H]2N1Cc1ccc(-n2ccnc2)cc1. The summed E-state index contributed by atoms with van der Waals surface area (Å²) in [7, 11) is 0. The van der Waals surface area contributed by atoms with Gasteiger partial charge in [0, 0.05) is 30.7 Å². The van der Waals surface area contributed by atoms with E-state index in [2.05, 4.69) is 34.1 Å². The first kappa shape index (κ1) is 15.4. The maximum absolute atomic E-state index is 11.7. The minimum absolute atomic E-state index is 0.327. The summed E-state index contributed by atoms with van der Waals surface area (Å²) in [6.45, 7) is 0.725. The summed E-state index contributed by atoms with van der Waals surface area (Å²) in [4.78, 5) is 18.0. The minimum atomic E-state index is -0.667. The third-order valence-corrected chi connectivity index (χ3v) is 5.61. The van der Waals surface area contributed by atoms with Gasteiger partial charge >= 0.3 is 5.97 Å². The average Bonchev–Trinajstić information content (AvgIpc) is 3.24. The summed E-state index contributed by atoms with van der Waals surface area (Å²) in [5, 5.41) is 9.63. The number of likely N-dealkylation sites (tertiary alicyclic amines) is 1. The smallest absolute Gasteiger partial charge is 0.320 e. The van der Waals surface area contributed by atoms with Crippen LogP contribution in [0, 0.1) is 5.92 Å². The number of carbonyl (C=O) groups is 1. The number of rotatable bonds is 4. The second kappa shape index (κ2) is 6.40. The number of hydrogen-bond acceptors (Lipinski definition) is 3. The molecule has 0 amide bonds. The largest absolute Gasteiger partial charge is 0.480 e. The lowest BCUT2D eigenvalue weighted by Gasteiger charge is -2.33. The van der Waals surface area contributed by atoms with Gasteiger partial charge in [-0.15, -0.1) is 0 Å². The van der Waals surface area contributed by atoms with Crippen molar-refractivity contribution in [3.05, 3.63) is 48.5 Å². The normalized spacial score (nSPS) is 27.1. The molecular formula is C19H23N3O2. The lowest BCUT2D eigenvalue weighted by molar-refractivity contribution is -0.142. The predicted molar refractivity (Wildman–Crippen MR) is 90.9 cm³/mol. The number of aliphatic carboxylic acids is 1. The zero-order chi connectivity index (χ0) is 16.5.